The highest BCUT2D eigenvalue weighted by Gasteiger charge is 2.22. The molecule has 0 saturated carbocycles. The molecule has 0 amide bonds. The molecule has 6 heteroatoms. The first-order valence-corrected chi connectivity index (χ1v) is 8.45. The van der Waals surface area contributed by atoms with Gasteiger partial charge < -0.3 is 9.47 Å². The summed E-state index contributed by atoms with van der Waals surface area (Å²) in [6, 6.07) is 5.60. The van der Waals surface area contributed by atoms with Crippen LogP contribution in [-0.4, -0.2) is 29.0 Å². The fraction of sp³-hybridized carbons (Fsp3) is 0.333. The lowest BCUT2D eigenvalue weighted by Crippen LogP contribution is -1.97. The Morgan fingerprint density at radius 3 is 2.86 bits per heavy atom. The molecule has 1 aromatic carbocycles. The van der Waals surface area contributed by atoms with Crippen molar-refractivity contribution < 1.29 is 14.3 Å². The van der Waals surface area contributed by atoms with Crippen molar-refractivity contribution in [3.8, 4) is 11.5 Å². The highest BCUT2D eigenvalue weighted by atomic mass is 32.2. The number of ether oxygens (including phenoxy) is 2. The molecule has 4 nitrogen and oxygen atoms in total. The highest BCUT2D eigenvalue weighted by Crippen LogP contribution is 2.35. The van der Waals surface area contributed by atoms with E-state index < -0.39 is 0 Å². The van der Waals surface area contributed by atoms with Crippen LogP contribution < -0.4 is 9.47 Å². The van der Waals surface area contributed by atoms with Crippen LogP contribution in [0, 0.1) is 0 Å². The molecule has 1 aliphatic heterocycles. The van der Waals surface area contributed by atoms with E-state index >= 15 is 0 Å². The standard InChI is InChI=1S/C15H17NO3S2/c1-4-19-12-8-6-7-10(13(12)18-3)9-11-14(17)21-15(16-11)20-5-2/h6-9H,4-5H2,1-3H3/b11-9-. The summed E-state index contributed by atoms with van der Waals surface area (Å²) >= 11 is 2.75. The molecule has 0 atom stereocenters. The van der Waals surface area contributed by atoms with Crippen LogP contribution in [0.3, 0.4) is 0 Å². The third-order valence-electron chi connectivity index (χ3n) is 2.67. The highest BCUT2D eigenvalue weighted by molar-refractivity contribution is 8.45. The van der Waals surface area contributed by atoms with Gasteiger partial charge in [-0.05, 0) is 36.6 Å². The number of carbonyl (C=O) groups excluding carboxylic acids is 1. The summed E-state index contributed by atoms with van der Waals surface area (Å²) in [6.07, 6.45) is 1.75. The van der Waals surface area contributed by atoms with Gasteiger partial charge in [-0.3, -0.25) is 4.79 Å². The van der Waals surface area contributed by atoms with E-state index in [-0.39, 0.29) is 5.12 Å². The maximum absolute atomic E-state index is 12.0. The third kappa shape index (κ3) is 3.83. The Morgan fingerprint density at radius 1 is 1.38 bits per heavy atom. The molecule has 21 heavy (non-hydrogen) atoms. The monoisotopic (exact) mass is 323 g/mol. The summed E-state index contributed by atoms with van der Waals surface area (Å²) in [4.78, 5) is 16.3. The number of hydrogen-bond acceptors (Lipinski definition) is 6. The Balaban J connectivity index is 2.36. The number of rotatable bonds is 5. The Labute approximate surface area is 133 Å². The maximum Gasteiger partial charge on any atom is 0.244 e. The van der Waals surface area contributed by atoms with Gasteiger partial charge in [0.15, 0.2) is 11.5 Å². The van der Waals surface area contributed by atoms with Crippen LogP contribution in [0.1, 0.15) is 19.4 Å². The van der Waals surface area contributed by atoms with Gasteiger partial charge >= 0.3 is 0 Å². The average molecular weight is 323 g/mol. The predicted molar refractivity (Wildman–Crippen MR) is 90.3 cm³/mol. The van der Waals surface area contributed by atoms with Gasteiger partial charge in [-0.2, -0.15) is 0 Å². The normalized spacial score (nSPS) is 16.2. The lowest BCUT2D eigenvalue weighted by atomic mass is 10.1. The molecule has 0 unspecified atom stereocenters. The SMILES string of the molecule is CCOc1cccc(/C=C2\N=C(SCC)SC2=O)c1OC. The van der Waals surface area contributed by atoms with Gasteiger partial charge in [-0.25, -0.2) is 4.99 Å². The molecule has 112 valence electrons. The molecular weight excluding hydrogens is 306 g/mol. The maximum atomic E-state index is 12.0. The van der Waals surface area contributed by atoms with Crippen molar-refractivity contribution in [3.63, 3.8) is 0 Å². The molecule has 0 N–H and O–H groups in total. The first-order chi connectivity index (χ1) is 10.2. The molecule has 0 spiro atoms. The van der Waals surface area contributed by atoms with Gasteiger partial charge in [-0.15, -0.1) is 0 Å². The zero-order valence-corrected chi connectivity index (χ0v) is 13.8. The number of aliphatic imine (C=N–C) groups is 1. The van der Waals surface area contributed by atoms with Crippen LogP contribution in [0.25, 0.3) is 6.08 Å². The van der Waals surface area contributed by atoms with Gasteiger partial charge in [-0.1, -0.05) is 30.8 Å². The summed E-state index contributed by atoms with van der Waals surface area (Å²) in [5, 5.41) is -0.0326. The second kappa shape index (κ2) is 7.56. The number of nitrogens with zero attached hydrogens (tertiary/aromatic N) is 1. The average Bonchev–Trinajstić information content (AvgIpc) is 2.80. The molecule has 0 radical (unpaired) electrons. The molecule has 1 aliphatic rings. The Morgan fingerprint density at radius 2 is 2.19 bits per heavy atom. The minimum absolute atomic E-state index is 0.0326. The van der Waals surface area contributed by atoms with Gasteiger partial charge in [0.1, 0.15) is 10.1 Å². The van der Waals surface area contributed by atoms with Crippen molar-refractivity contribution in [1.82, 2.24) is 0 Å². The van der Waals surface area contributed by atoms with Crippen molar-refractivity contribution in [2.45, 2.75) is 13.8 Å². The summed E-state index contributed by atoms with van der Waals surface area (Å²) in [6.45, 7) is 4.51. The first-order valence-electron chi connectivity index (χ1n) is 6.64. The van der Waals surface area contributed by atoms with Crippen molar-refractivity contribution in [1.29, 1.82) is 0 Å². The molecule has 0 bridgehead atoms. The van der Waals surface area contributed by atoms with Gasteiger partial charge in [0, 0.05) is 5.56 Å². The van der Waals surface area contributed by atoms with Gasteiger partial charge in [0.05, 0.1) is 13.7 Å². The van der Waals surface area contributed by atoms with E-state index in [0.717, 1.165) is 15.7 Å². The van der Waals surface area contributed by atoms with Gasteiger partial charge in [0.2, 0.25) is 5.12 Å². The quantitative estimate of drug-likeness (QED) is 0.771. The van der Waals surface area contributed by atoms with E-state index in [1.54, 1.807) is 24.9 Å². The lowest BCUT2D eigenvalue weighted by Gasteiger charge is -2.11. The number of para-hydroxylation sites is 1. The van der Waals surface area contributed by atoms with Crippen LogP contribution in [0.15, 0.2) is 28.9 Å². The predicted octanol–water partition coefficient (Wildman–Crippen LogP) is 3.82. The zero-order chi connectivity index (χ0) is 15.2. The lowest BCUT2D eigenvalue weighted by molar-refractivity contribution is -0.107. The fourth-order valence-electron chi connectivity index (χ4n) is 1.86. The second-order valence-corrected chi connectivity index (χ2v) is 6.51. The summed E-state index contributed by atoms with van der Waals surface area (Å²) in [5.41, 5.74) is 1.24. The van der Waals surface area contributed by atoms with E-state index in [1.165, 1.54) is 11.8 Å². The van der Waals surface area contributed by atoms with E-state index in [2.05, 4.69) is 4.99 Å². The Bertz CT molecular complexity index is 597. The Hall–Kier alpha value is -1.40. The molecule has 2 rings (SSSR count). The van der Waals surface area contributed by atoms with Crippen LogP contribution in [0.5, 0.6) is 11.5 Å². The molecule has 0 fully saturated rings. The largest absolute Gasteiger partial charge is 0.492 e. The number of carbonyl (C=O) groups is 1. The summed E-state index contributed by atoms with van der Waals surface area (Å²) < 4.78 is 11.7. The number of hydrogen-bond donors (Lipinski definition) is 0. The van der Waals surface area contributed by atoms with Crippen molar-refractivity contribution in [3.05, 3.63) is 29.5 Å². The van der Waals surface area contributed by atoms with Gasteiger partial charge in [0.25, 0.3) is 0 Å². The van der Waals surface area contributed by atoms with Crippen molar-refractivity contribution in [2.24, 2.45) is 4.99 Å². The minimum Gasteiger partial charge on any atom is -0.492 e. The number of methoxy groups -OCH3 is 1. The van der Waals surface area contributed by atoms with Crippen LogP contribution in [-0.2, 0) is 4.79 Å². The van der Waals surface area contributed by atoms with Crippen LogP contribution >= 0.6 is 23.5 Å². The minimum atomic E-state index is -0.0326. The topological polar surface area (TPSA) is 47.9 Å². The smallest absolute Gasteiger partial charge is 0.244 e. The van der Waals surface area contributed by atoms with E-state index in [9.17, 15) is 4.79 Å². The molecular formula is C15H17NO3S2. The summed E-state index contributed by atoms with van der Waals surface area (Å²) in [5.74, 6) is 2.19. The summed E-state index contributed by atoms with van der Waals surface area (Å²) in [7, 11) is 1.59. The van der Waals surface area contributed by atoms with Crippen LogP contribution in [0.4, 0.5) is 0 Å². The molecule has 0 aromatic heterocycles. The third-order valence-corrected chi connectivity index (χ3v) is 4.57. The molecule has 1 aromatic rings. The Kier molecular flexibility index (Phi) is 5.76. The zero-order valence-electron chi connectivity index (χ0n) is 12.2. The van der Waals surface area contributed by atoms with E-state index in [4.69, 9.17) is 9.47 Å². The van der Waals surface area contributed by atoms with E-state index in [1.807, 2.05) is 32.0 Å². The van der Waals surface area contributed by atoms with E-state index in [0.29, 0.717) is 23.8 Å². The fourth-order valence-corrected chi connectivity index (χ4v) is 3.59. The first kappa shape index (κ1) is 16.0. The number of thioether (sulfide) groups is 2. The molecule has 0 aliphatic carbocycles. The number of benzene rings is 1. The molecule has 0 saturated heterocycles. The second-order valence-electron chi connectivity index (χ2n) is 4.04. The van der Waals surface area contributed by atoms with Crippen molar-refractivity contribution in [2.75, 3.05) is 19.5 Å². The molecule has 1 heterocycles. The van der Waals surface area contributed by atoms with Crippen LogP contribution in [0.2, 0.25) is 0 Å². The van der Waals surface area contributed by atoms with Crippen molar-refractivity contribution >= 4 is 39.1 Å².